The zero-order chi connectivity index (χ0) is 15.9. The van der Waals surface area contributed by atoms with Crippen LogP contribution in [0, 0.1) is 5.92 Å². The molecule has 0 aliphatic carbocycles. The molecule has 0 heterocycles. The zero-order valence-corrected chi connectivity index (χ0v) is 12.8. The van der Waals surface area contributed by atoms with Gasteiger partial charge in [0.25, 0.3) is 0 Å². The SMILES string of the molecule is CC(C)C[C@H](NC(=O)[C@H](C)NC(=O)[C@@H](N)CS)C(=O)O. The fraction of sp³-hybridized carbons (Fsp3) is 0.750. The van der Waals surface area contributed by atoms with Gasteiger partial charge in [0.15, 0.2) is 0 Å². The van der Waals surface area contributed by atoms with Gasteiger partial charge in [0.2, 0.25) is 11.8 Å². The molecule has 0 aromatic heterocycles. The minimum absolute atomic E-state index is 0.124. The van der Waals surface area contributed by atoms with Crippen LogP contribution >= 0.6 is 12.6 Å². The maximum absolute atomic E-state index is 11.8. The van der Waals surface area contributed by atoms with E-state index in [9.17, 15) is 14.4 Å². The molecule has 0 aliphatic heterocycles. The number of hydrogen-bond acceptors (Lipinski definition) is 5. The number of hydrogen-bond donors (Lipinski definition) is 5. The Morgan fingerprint density at radius 1 is 1.15 bits per heavy atom. The molecular formula is C12H23N3O4S. The fourth-order valence-electron chi connectivity index (χ4n) is 1.46. The minimum atomic E-state index is -1.10. The van der Waals surface area contributed by atoms with Crippen LogP contribution in [0.25, 0.3) is 0 Å². The third-order valence-corrected chi connectivity index (χ3v) is 3.00. The number of carboxylic acid groups (broad SMARTS) is 1. The lowest BCUT2D eigenvalue weighted by molar-refractivity contribution is -0.142. The van der Waals surface area contributed by atoms with Gasteiger partial charge in [0.05, 0.1) is 6.04 Å². The number of nitrogens with one attached hydrogen (secondary N) is 2. The Morgan fingerprint density at radius 3 is 2.10 bits per heavy atom. The highest BCUT2D eigenvalue weighted by atomic mass is 32.1. The summed E-state index contributed by atoms with van der Waals surface area (Å²) >= 11 is 3.88. The van der Waals surface area contributed by atoms with E-state index in [4.69, 9.17) is 10.8 Å². The zero-order valence-electron chi connectivity index (χ0n) is 11.9. The summed E-state index contributed by atoms with van der Waals surface area (Å²) in [4.78, 5) is 34.4. The molecule has 7 nitrogen and oxygen atoms in total. The molecule has 0 rings (SSSR count). The molecule has 0 aliphatic rings. The van der Waals surface area contributed by atoms with Crippen molar-refractivity contribution in [2.75, 3.05) is 5.75 Å². The topological polar surface area (TPSA) is 122 Å². The number of carbonyl (C=O) groups excluding carboxylic acids is 2. The van der Waals surface area contributed by atoms with Crippen molar-refractivity contribution in [2.45, 2.75) is 45.3 Å². The van der Waals surface area contributed by atoms with Gasteiger partial charge in [-0.05, 0) is 19.3 Å². The number of nitrogens with two attached hydrogens (primary N) is 1. The summed E-state index contributed by atoms with van der Waals surface area (Å²) < 4.78 is 0. The van der Waals surface area contributed by atoms with Gasteiger partial charge in [0.1, 0.15) is 12.1 Å². The minimum Gasteiger partial charge on any atom is -0.480 e. The normalized spacial score (nSPS) is 15.3. The van der Waals surface area contributed by atoms with E-state index in [-0.39, 0.29) is 11.7 Å². The average Bonchev–Trinajstić information content (AvgIpc) is 2.35. The van der Waals surface area contributed by atoms with Gasteiger partial charge in [0, 0.05) is 5.75 Å². The number of carbonyl (C=O) groups is 3. The van der Waals surface area contributed by atoms with Crippen molar-refractivity contribution in [1.29, 1.82) is 0 Å². The van der Waals surface area contributed by atoms with E-state index in [1.54, 1.807) is 0 Å². The van der Waals surface area contributed by atoms with Crippen LogP contribution in [0.5, 0.6) is 0 Å². The van der Waals surface area contributed by atoms with Gasteiger partial charge in [-0.3, -0.25) is 9.59 Å². The van der Waals surface area contributed by atoms with Crippen LogP contribution in [-0.2, 0) is 14.4 Å². The number of amides is 2. The van der Waals surface area contributed by atoms with E-state index < -0.39 is 35.9 Å². The van der Waals surface area contributed by atoms with E-state index in [1.165, 1.54) is 6.92 Å². The van der Waals surface area contributed by atoms with E-state index in [2.05, 4.69) is 23.3 Å². The molecular weight excluding hydrogens is 282 g/mol. The summed E-state index contributed by atoms with van der Waals surface area (Å²) in [7, 11) is 0. The van der Waals surface area contributed by atoms with Crippen LogP contribution in [-0.4, -0.2) is 46.8 Å². The number of carboxylic acids is 1. The average molecular weight is 305 g/mol. The molecule has 0 unspecified atom stereocenters. The van der Waals surface area contributed by atoms with Crippen LogP contribution in [0.1, 0.15) is 27.2 Å². The second-order valence-corrected chi connectivity index (χ2v) is 5.41. The van der Waals surface area contributed by atoms with Crippen molar-refractivity contribution >= 4 is 30.4 Å². The van der Waals surface area contributed by atoms with Crippen molar-refractivity contribution in [3.05, 3.63) is 0 Å². The third kappa shape index (κ3) is 6.76. The predicted molar refractivity (Wildman–Crippen MR) is 78.5 cm³/mol. The summed E-state index contributed by atoms with van der Waals surface area (Å²) in [5, 5.41) is 13.8. The molecule has 0 aromatic rings. The standard InChI is InChI=1S/C12H23N3O4S/c1-6(2)4-9(12(18)19)15-10(16)7(3)14-11(17)8(13)5-20/h6-9,20H,4-5,13H2,1-3H3,(H,14,17)(H,15,16)(H,18,19)/t7-,8-,9-/m0/s1. The monoisotopic (exact) mass is 305 g/mol. The van der Waals surface area contributed by atoms with E-state index in [1.807, 2.05) is 13.8 Å². The summed E-state index contributed by atoms with van der Waals surface area (Å²) in [5.74, 6) is -1.88. The van der Waals surface area contributed by atoms with Crippen LogP contribution in [0.15, 0.2) is 0 Å². The summed E-state index contributed by atoms with van der Waals surface area (Å²) in [6, 6.07) is -2.64. The van der Waals surface area contributed by atoms with Gasteiger partial charge in [-0.1, -0.05) is 13.8 Å². The first-order valence-electron chi connectivity index (χ1n) is 6.39. The molecule has 0 fully saturated rings. The molecule has 0 saturated carbocycles. The number of rotatable bonds is 8. The van der Waals surface area contributed by atoms with Gasteiger partial charge >= 0.3 is 5.97 Å². The van der Waals surface area contributed by atoms with E-state index in [0.29, 0.717) is 6.42 Å². The summed E-state index contributed by atoms with van der Waals surface area (Å²) in [5.41, 5.74) is 5.47. The lowest BCUT2D eigenvalue weighted by Gasteiger charge is -2.20. The van der Waals surface area contributed by atoms with Crippen LogP contribution in [0.4, 0.5) is 0 Å². The van der Waals surface area contributed by atoms with Gasteiger partial charge in [-0.2, -0.15) is 12.6 Å². The second-order valence-electron chi connectivity index (χ2n) is 5.05. The molecule has 20 heavy (non-hydrogen) atoms. The summed E-state index contributed by atoms with van der Waals surface area (Å²) in [6.45, 7) is 5.19. The highest BCUT2D eigenvalue weighted by Gasteiger charge is 2.25. The first-order chi connectivity index (χ1) is 9.18. The molecule has 0 radical (unpaired) electrons. The molecule has 0 saturated heterocycles. The molecule has 8 heteroatoms. The van der Waals surface area contributed by atoms with Gasteiger partial charge in [-0.15, -0.1) is 0 Å². The molecule has 3 atom stereocenters. The van der Waals surface area contributed by atoms with E-state index >= 15 is 0 Å². The highest BCUT2D eigenvalue weighted by molar-refractivity contribution is 7.80. The number of aliphatic carboxylic acids is 1. The highest BCUT2D eigenvalue weighted by Crippen LogP contribution is 2.05. The number of thiol groups is 1. The first kappa shape index (κ1) is 18.7. The fourth-order valence-corrected chi connectivity index (χ4v) is 1.62. The Morgan fingerprint density at radius 2 is 1.70 bits per heavy atom. The first-order valence-corrected chi connectivity index (χ1v) is 7.02. The Balaban J connectivity index is 4.49. The summed E-state index contributed by atoms with van der Waals surface area (Å²) in [6.07, 6.45) is 0.317. The molecule has 0 aromatic carbocycles. The van der Waals surface area contributed by atoms with Crippen molar-refractivity contribution in [3.8, 4) is 0 Å². The third-order valence-electron chi connectivity index (χ3n) is 2.61. The Kier molecular flexibility index (Phi) is 8.24. The van der Waals surface area contributed by atoms with Gasteiger partial charge < -0.3 is 21.5 Å². The van der Waals surface area contributed by atoms with Crippen LogP contribution in [0.2, 0.25) is 0 Å². The molecule has 116 valence electrons. The van der Waals surface area contributed by atoms with Crippen molar-refractivity contribution in [2.24, 2.45) is 11.7 Å². The smallest absolute Gasteiger partial charge is 0.326 e. The Hall–Kier alpha value is -1.28. The lowest BCUT2D eigenvalue weighted by atomic mass is 10.0. The quantitative estimate of drug-likeness (QED) is 0.382. The largest absolute Gasteiger partial charge is 0.480 e. The molecule has 0 spiro atoms. The Bertz CT molecular complexity index is 363. The van der Waals surface area contributed by atoms with Crippen LogP contribution < -0.4 is 16.4 Å². The van der Waals surface area contributed by atoms with Gasteiger partial charge in [-0.25, -0.2) is 4.79 Å². The predicted octanol–water partition coefficient (Wildman–Crippen LogP) is -0.636. The Labute approximate surface area is 124 Å². The van der Waals surface area contributed by atoms with Crippen molar-refractivity contribution in [1.82, 2.24) is 10.6 Å². The molecule has 5 N–H and O–H groups in total. The molecule has 2 amide bonds. The maximum atomic E-state index is 11.8. The second kappa shape index (κ2) is 8.80. The van der Waals surface area contributed by atoms with E-state index in [0.717, 1.165) is 0 Å². The molecule has 0 bridgehead atoms. The lowest BCUT2D eigenvalue weighted by Crippen LogP contribution is -2.53. The van der Waals surface area contributed by atoms with Crippen LogP contribution in [0.3, 0.4) is 0 Å². The maximum Gasteiger partial charge on any atom is 0.326 e. The van der Waals surface area contributed by atoms with Crippen molar-refractivity contribution in [3.63, 3.8) is 0 Å². The van der Waals surface area contributed by atoms with Crippen molar-refractivity contribution < 1.29 is 19.5 Å².